The lowest BCUT2D eigenvalue weighted by atomic mass is 10.2. The van der Waals surface area contributed by atoms with Gasteiger partial charge in [0, 0.05) is 12.6 Å². The Balaban J connectivity index is 3.47. The van der Waals surface area contributed by atoms with Crippen molar-refractivity contribution in [2.24, 2.45) is 5.73 Å². The van der Waals surface area contributed by atoms with E-state index in [0.29, 0.717) is 6.61 Å². The van der Waals surface area contributed by atoms with Crippen LogP contribution in [0.3, 0.4) is 0 Å². The van der Waals surface area contributed by atoms with Crippen LogP contribution in [-0.4, -0.2) is 31.5 Å². The van der Waals surface area contributed by atoms with Crippen LogP contribution in [0.15, 0.2) is 0 Å². The summed E-state index contributed by atoms with van der Waals surface area (Å²) in [6.45, 7) is 9.27. The van der Waals surface area contributed by atoms with E-state index in [1.54, 1.807) is 0 Å². The maximum Gasteiger partial charge on any atom is 0.0784 e. The molecule has 0 aliphatic heterocycles. The fraction of sp³-hybridized carbons (Fsp3) is 1.00. The van der Waals surface area contributed by atoms with Crippen molar-refractivity contribution in [1.29, 1.82) is 0 Å². The minimum atomic E-state index is 0.0778. The number of hydrogen-bond donors (Lipinski definition) is 1. The van der Waals surface area contributed by atoms with Crippen LogP contribution < -0.4 is 5.73 Å². The van der Waals surface area contributed by atoms with E-state index in [2.05, 4.69) is 0 Å². The van der Waals surface area contributed by atoms with Crippen molar-refractivity contribution in [3.8, 4) is 0 Å². The molecule has 0 spiro atoms. The normalized spacial score (nSPS) is 18.8. The van der Waals surface area contributed by atoms with E-state index in [1.165, 1.54) is 0 Å². The molecule has 0 aromatic heterocycles. The number of hydrogen-bond acceptors (Lipinski definition) is 3. The van der Waals surface area contributed by atoms with E-state index >= 15 is 0 Å². The monoisotopic (exact) mass is 175 g/mol. The molecule has 74 valence electrons. The van der Waals surface area contributed by atoms with Gasteiger partial charge in [-0.15, -0.1) is 0 Å². The SMILES string of the molecule is CCOCC(C)OC(C)[C@H](C)N. The third-order valence-electron chi connectivity index (χ3n) is 1.74. The van der Waals surface area contributed by atoms with Gasteiger partial charge in [-0.1, -0.05) is 0 Å². The molecule has 0 aliphatic carbocycles. The van der Waals surface area contributed by atoms with Gasteiger partial charge in [0.1, 0.15) is 0 Å². The molecule has 2 N–H and O–H groups in total. The molecule has 0 fully saturated rings. The highest BCUT2D eigenvalue weighted by atomic mass is 16.5. The van der Waals surface area contributed by atoms with Crippen LogP contribution >= 0.6 is 0 Å². The molecule has 0 aromatic rings. The van der Waals surface area contributed by atoms with E-state index in [0.717, 1.165) is 6.61 Å². The van der Waals surface area contributed by atoms with Gasteiger partial charge in [0.25, 0.3) is 0 Å². The van der Waals surface area contributed by atoms with Crippen molar-refractivity contribution in [2.75, 3.05) is 13.2 Å². The molecule has 0 bridgehead atoms. The summed E-state index contributed by atoms with van der Waals surface area (Å²) >= 11 is 0. The lowest BCUT2D eigenvalue weighted by molar-refractivity contribution is -0.0457. The maximum atomic E-state index is 5.65. The van der Waals surface area contributed by atoms with Crippen LogP contribution in [0.5, 0.6) is 0 Å². The van der Waals surface area contributed by atoms with Crippen LogP contribution in [0.4, 0.5) is 0 Å². The van der Waals surface area contributed by atoms with Crippen LogP contribution in [0.1, 0.15) is 27.7 Å². The van der Waals surface area contributed by atoms with E-state index in [-0.39, 0.29) is 18.2 Å². The first kappa shape index (κ1) is 11.9. The topological polar surface area (TPSA) is 44.5 Å². The van der Waals surface area contributed by atoms with Crippen LogP contribution in [0.25, 0.3) is 0 Å². The van der Waals surface area contributed by atoms with Crippen LogP contribution in [-0.2, 0) is 9.47 Å². The van der Waals surface area contributed by atoms with E-state index < -0.39 is 0 Å². The highest BCUT2D eigenvalue weighted by Crippen LogP contribution is 2.01. The number of ether oxygens (including phenoxy) is 2. The van der Waals surface area contributed by atoms with Crippen molar-refractivity contribution in [2.45, 2.75) is 45.9 Å². The zero-order chi connectivity index (χ0) is 9.56. The molecular weight excluding hydrogens is 154 g/mol. The van der Waals surface area contributed by atoms with Crippen molar-refractivity contribution in [1.82, 2.24) is 0 Å². The first-order valence-corrected chi connectivity index (χ1v) is 4.56. The lowest BCUT2D eigenvalue weighted by Crippen LogP contribution is -2.35. The Labute approximate surface area is 75.2 Å². The number of nitrogens with two attached hydrogens (primary N) is 1. The van der Waals surface area contributed by atoms with Crippen molar-refractivity contribution < 1.29 is 9.47 Å². The fourth-order valence-corrected chi connectivity index (χ4v) is 0.813. The van der Waals surface area contributed by atoms with E-state index in [4.69, 9.17) is 15.2 Å². The molecule has 3 nitrogen and oxygen atoms in total. The van der Waals surface area contributed by atoms with Gasteiger partial charge in [0.2, 0.25) is 0 Å². The second-order valence-corrected chi connectivity index (χ2v) is 3.17. The highest BCUT2D eigenvalue weighted by molar-refractivity contribution is 4.64. The molecule has 0 rings (SSSR count). The summed E-state index contributed by atoms with van der Waals surface area (Å²) in [5, 5.41) is 0. The molecule has 3 atom stereocenters. The zero-order valence-corrected chi connectivity index (χ0v) is 8.54. The Hall–Kier alpha value is -0.120. The van der Waals surface area contributed by atoms with Crippen LogP contribution in [0, 0.1) is 0 Å². The lowest BCUT2D eigenvalue weighted by Gasteiger charge is -2.21. The molecule has 0 saturated carbocycles. The summed E-state index contributed by atoms with van der Waals surface area (Å²) in [5.41, 5.74) is 5.65. The Morgan fingerprint density at radius 3 is 2.25 bits per heavy atom. The third kappa shape index (κ3) is 5.52. The summed E-state index contributed by atoms with van der Waals surface area (Å²) in [6, 6.07) is 0.0778. The smallest absolute Gasteiger partial charge is 0.0784 e. The molecule has 0 aliphatic rings. The minimum absolute atomic E-state index is 0.0778. The summed E-state index contributed by atoms with van der Waals surface area (Å²) in [6.07, 6.45) is 0.228. The second kappa shape index (κ2) is 6.40. The Morgan fingerprint density at radius 1 is 1.25 bits per heavy atom. The molecule has 0 heterocycles. The average Bonchev–Trinajstić information content (AvgIpc) is 2.00. The minimum Gasteiger partial charge on any atom is -0.379 e. The van der Waals surface area contributed by atoms with E-state index in [1.807, 2.05) is 27.7 Å². The van der Waals surface area contributed by atoms with Crippen molar-refractivity contribution in [3.05, 3.63) is 0 Å². The van der Waals surface area contributed by atoms with E-state index in [9.17, 15) is 0 Å². The molecular formula is C9H21NO2. The van der Waals surface area contributed by atoms with Gasteiger partial charge >= 0.3 is 0 Å². The molecule has 3 heteroatoms. The van der Waals surface area contributed by atoms with Gasteiger partial charge in [-0.25, -0.2) is 0 Å². The predicted octanol–water partition coefficient (Wildman–Crippen LogP) is 1.16. The summed E-state index contributed by atoms with van der Waals surface area (Å²) in [7, 11) is 0. The molecule has 0 radical (unpaired) electrons. The number of rotatable bonds is 6. The third-order valence-corrected chi connectivity index (χ3v) is 1.74. The second-order valence-electron chi connectivity index (χ2n) is 3.17. The van der Waals surface area contributed by atoms with Gasteiger partial charge in [-0.3, -0.25) is 0 Å². The van der Waals surface area contributed by atoms with Crippen LogP contribution in [0.2, 0.25) is 0 Å². The zero-order valence-electron chi connectivity index (χ0n) is 8.54. The maximum absolute atomic E-state index is 5.65. The Bertz CT molecular complexity index is 107. The molecule has 0 aromatic carbocycles. The average molecular weight is 175 g/mol. The molecule has 12 heavy (non-hydrogen) atoms. The predicted molar refractivity (Wildman–Crippen MR) is 50.2 cm³/mol. The Kier molecular flexibility index (Phi) is 6.34. The van der Waals surface area contributed by atoms with Gasteiger partial charge in [-0.05, 0) is 27.7 Å². The summed E-state index contributed by atoms with van der Waals surface area (Å²) < 4.78 is 10.8. The van der Waals surface area contributed by atoms with Gasteiger partial charge < -0.3 is 15.2 Å². The summed E-state index contributed by atoms with van der Waals surface area (Å²) in [4.78, 5) is 0. The summed E-state index contributed by atoms with van der Waals surface area (Å²) in [5.74, 6) is 0. The fourth-order valence-electron chi connectivity index (χ4n) is 0.813. The standard InChI is InChI=1S/C9H21NO2/c1-5-11-6-7(2)12-9(4)8(3)10/h7-9H,5-6,10H2,1-4H3/t7?,8-,9?/m0/s1. The van der Waals surface area contributed by atoms with Gasteiger partial charge in [0.05, 0.1) is 18.8 Å². The first-order valence-electron chi connectivity index (χ1n) is 4.56. The quantitative estimate of drug-likeness (QED) is 0.659. The van der Waals surface area contributed by atoms with Gasteiger partial charge in [-0.2, -0.15) is 0 Å². The largest absolute Gasteiger partial charge is 0.379 e. The van der Waals surface area contributed by atoms with Gasteiger partial charge in [0.15, 0.2) is 0 Å². The molecule has 0 amide bonds. The molecule has 0 saturated heterocycles. The Morgan fingerprint density at radius 2 is 1.83 bits per heavy atom. The van der Waals surface area contributed by atoms with Crippen molar-refractivity contribution >= 4 is 0 Å². The highest BCUT2D eigenvalue weighted by Gasteiger charge is 2.11. The van der Waals surface area contributed by atoms with Crippen molar-refractivity contribution in [3.63, 3.8) is 0 Å². The first-order chi connectivity index (χ1) is 5.57. The molecule has 2 unspecified atom stereocenters.